The lowest BCUT2D eigenvalue weighted by molar-refractivity contribution is -0.0497. The summed E-state index contributed by atoms with van der Waals surface area (Å²) in [6.07, 6.45) is 0.341. The fourth-order valence-electron chi connectivity index (χ4n) is 3.46. The summed E-state index contributed by atoms with van der Waals surface area (Å²) in [5, 5.41) is 13.4. The highest BCUT2D eigenvalue weighted by Gasteiger charge is 2.25. The molecule has 2 aromatic heterocycles. The number of halogens is 2. The van der Waals surface area contributed by atoms with Crippen molar-refractivity contribution in [1.82, 2.24) is 25.3 Å². The van der Waals surface area contributed by atoms with Crippen LogP contribution in [0.15, 0.2) is 30.5 Å². The summed E-state index contributed by atoms with van der Waals surface area (Å²) in [5.41, 5.74) is 1.03. The predicted molar refractivity (Wildman–Crippen MR) is 147 cm³/mol. The Kier molecular flexibility index (Phi) is 9.18. The molecule has 40 heavy (non-hydrogen) atoms. The molecule has 15 heteroatoms. The van der Waals surface area contributed by atoms with Crippen LogP contribution in [0.2, 0.25) is 0 Å². The minimum atomic E-state index is -3.79. The third kappa shape index (κ3) is 8.00. The first-order valence-electron chi connectivity index (χ1n) is 12.3. The third-order valence-electron chi connectivity index (χ3n) is 5.55. The Morgan fingerprint density at radius 3 is 2.45 bits per heavy atom. The van der Waals surface area contributed by atoms with Gasteiger partial charge in [0, 0.05) is 35.8 Å². The molecule has 0 aliphatic heterocycles. The number of alkyl halides is 2. The zero-order valence-electron chi connectivity index (χ0n) is 22.9. The lowest BCUT2D eigenvalue weighted by atomic mass is 9.96. The van der Waals surface area contributed by atoms with Gasteiger partial charge in [0.1, 0.15) is 11.6 Å². The predicted octanol–water partition coefficient (Wildman–Crippen LogP) is 4.65. The molecule has 0 aliphatic rings. The number of ether oxygens (including phenoxy) is 1. The first-order chi connectivity index (χ1) is 18.5. The van der Waals surface area contributed by atoms with E-state index in [1.807, 2.05) is 20.8 Å². The van der Waals surface area contributed by atoms with E-state index in [4.69, 9.17) is 10.1 Å². The maximum absolute atomic E-state index is 13.2. The van der Waals surface area contributed by atoms with Crippen molar-refractivity contribution in [2.75, 3.05) is 16.6 Å². The number of hydrogen-bond donors (Lipinski definition) is 5. The van der Waals surface area contributed by atoms with E-state index in [0.717, 1.165) is 0 Å². The maximum Gasteiger partial charge on any atom is 0.404 e. The number of nitrogens with zero attached hydrogens (tertiary/aromatic N) is 3. The van der Waals surface area contributed by atoms with Crippen molar-refractivity contribution in [3.63, 3.8) is 0 Å². The van der Waals surface area contributed by atoms with Crippen molar-refractivity contribution < 1.29 is 31.8 Å². The summed E-state index contributed by atoms with van der Waals surface area (Å²) in [5.74, 6) is 0.522. The molecule has 12 nitrogen and oxygen atoms in total. The number of carbonyl (C=O) groups is 1. The van der Waals surface area contributed by atoms with E-state index in [2.05, 4.69) is 35.0 Å². The van der Waals surface area contributed by atoms with Crippen LogP contribution in [0.4, 0.5) is 25.2 Å². The van der Waals surface area contributed by atoms with E-state index in [0.29, 0.717) is 28.5 Å². The van der Waals surface area contributed by atoms with Crippen molar-refractivity contribution in [2.45, 2.75) is 64.9 Å². The van der Waals surface area contributed by atoms with Gasteiger partial charge in [-0.05, 0) is 39.0 Å². The van der Waals surface area contributed by atoms with Crippen molar-refractivity contribution in [3.05, 3.63) is 36.3 Å². The van der Waals surface area contributed by atoms with Gasteiger partial charge in [-0.2, -0.15) is 8.78 Å². The van der Waals surface area contributed by atoms with Gasteiger partial charge in [0.15, 0.2) is 0 Å². The molecule has 0 fully saturated rings. The molecule has 0 saturated carbocycles. The molecule has 1 aromatic carbocycles. The number of aromatic amines is 1. The monoisotopic (exact) mass is 581 g/mol. The number of sulfonamides is 1. The lowest BCUT2D eigenvalue weighted by Gasteiger charge is -2.15. The van der Waals surface area contributed by atoms with Crippen LogP contribution in [0.3, 0.4) is 0 Å². The number of aromatic nitrogens is 4. The number of rotatable bonds is 11. The number of H-pyrrole nitrogens is 1. The van der Waals surface area contributed by atoms with Crippen molar-refractivity contribution >= 4 is 27.8 Å². The average Bonchev–Trinajstić information content (AvgIpc) is 3.28. The largest absolute Gasteiger partial charge is 0.465 e. The Balaban J connectivity index is 2.12. The zero-order chi connectivity index (χ0) is 29.8. The van der Waals surface area contributed by atoms with Gasteiger partial charge < -0.3 is 25.5 Å². The molecule has 3 aromatic rings. The third-order valence-corrected chi connectivity index (χ3v) is 7.31. The number of imidazole rings is 1. The van der Waals surface area contributed by atoms with E-state index >= 15 is 0 Å². The van der Waals surface area contributed by atoms with Crippen LogP contribution in [0.25, 0.3) is 22.6 Å². The van der Waals surface area contributed by atoms with Gasteiger partial charge in [-0.25, -0.2) is 28.2 Å². The smallest absolute Gasteiger partial charge is 0.404 e. The first kappa shape index (κ1) is 30.5. The second-order valence-corrected chi connectivity index (χ2v) is 12.6. The topological polar surface area (TPSA) is 171 Å². The van der Waals surface area contributed by atoms with Gasteiger partial charge in [-0.15, -0.1) is 0 Å². The summed E-state index contributed by atoms with van der Waals surface area (Å²) in [6.45, 7) is 7.53. The average molecular weight is 582 g/mol. The fraction of sp³-hybridized carbons (Fsp3) is 0.440. The van der Waals surface area contributed by atoms with Crippen LogP contribution in [0.1, 0.15) is 47.4 Å². The number of hydrogen-bond acceptors (Lipinski definition) is 8. The van der Waals surface area contributed by atoms with Gasteiger partial charge in [0.05, 0.1) is 28.0 Å². The van der Waals surface area contributed by atoms with Crippen LogP contribution in [-0.2, 0) is 15.4 Å². The summed E-state index contributed by atoms with van der Waals surface area (Å²) in [6, 6.07) is 5.18. The Bertz CT molecular complexity index is 1460. The Morgan fingerprint density at radius 1 is 1.15 bits per heavy atom. The Hall–Kier alpha value is -4.01. The van der Waals surface area contributed by atoms with Gasteiger partial charge in [0.25, 0.3) is 0 Å². The number of nitrogens with one attached hydrogen (secondary N) is 4. The van der Waals surface area contributed by atoms with Gasteiger partial charge in [0.2, 0.25) is 16.0 Å². The van der Waals surface area contributed by atoms with E-state index < -0.39 is 39.4 Å². The fourth-order valence-corrected chi connectivity index (χ4v) is 4.14. The van der Waals surface area contributed by atoms with Gasteiger partial charge in [-0.1, -0.05) is 20.8 Å². The number of benzene rings is 1. The molecule has 5 N–H and O–H groups in total. The van der Waals surface area contributed by atoms with Gasteiger partial charge in [-0.3, -0.25) is 4.72 Å². The quantitative estimate of drug-likeness (QED) is 0.216. The molecule has 3 rings (SSSR count). The molecule has 1 unspecified atom stereocenters. The second kappa shape index (κ2) is 12.0. The standard InChI is InChI=1S/C25H33F2N7O5S/c1-13(2)40(37,38)34-16-9-15(10-17(11-16)39-22(26)27)19-20(33-21(32-19)25(4,5)6)18-7-8-28-23(31-18)29-12-14(3)30-24(35)36/h7-11,13-14,22,30,34H,12H2,1-6H3,(H,32,33)(H,35,36)(H,28,29,31). The highest BCUT2D eigenvalue weighted by molar-refractivity contribution is 7.93. The SMILES string of the molecule is CC(CNc1nccc(-c2[nH]c(C(C)(C)C)nc2-c2cc(NS(=O)(=O)C(C)C)cc(OC(F)F)c2)n1)NC(=O)O. The van der Waals surface area contributed by atoms with Crippen LogP contribution in [0.5, 0.6) is 5.75 Å². The molecule has 1 atom stereocenters. The summed E-state index contributed by atoms with van der Waals surface area (Å²) in [4.78, 5) is 27.5. The maximum atomic E-state index is 13.2. The second-order valence-electron chi connectivity index (χ2n) is 10.4. The van der Waals surface area contributed by atoms with Crippen LogP contribution >= 0.6 is 0 Å². The molecule has 0 bridgehead atoms. The van der Waals surface area contributed by atoms with Crippen molar-refractivity contribution in [3.8, 4) is 28.4 Å². The zero-order valence-corrected chi connectivity index (χ0v) is 23.7. The molecule has 218 valence electrons. The molecule has 0 radical (unpaired) electrons. The van der Waals surface area contributed by atoms with Gasteiger partial charge >= 0.3 is 12.7 Å². The summed E-state index contributed by atoms with van der Waals surface area (Å²) < 4.78 is 58.4. The normalized spacial score (nSPS) is 12.8. The molecule has 0 spiro atoms. The van der Waals surface area contributed by atoms with Crippen molar-refractivity contribution in [1.29, 1.82) is 0 Å². The minimum absolute atomic E-state index is 0.0260. The molecular weight excluding hydrogens is 548 g/mol. The first-order valence-corrected chi connectivity index (χ1v) is 13.9. The Labute approximate surface area is 231 Å². The minimum Gasteiger partial charge on any atom is -0.465 e. The number of anilines is 2. The summed E-state index contributed by atoms with van der Waals surface area (Å²) >= 11 is 0. The molecule has 0 saturated heterocycles. The van der Waals surface area contributed by atoms with Crippen LogP contribution in [-0.4, -0.2) is 64.0 Å². The van der Waals surface area contributed by atoms with Crippen molar-refractivity contribution in [2.24, 2.45) is 0 Å². The van der Waals surface area contributed by atoms with Crippen LogP contribution in [0, 0.1) is 0 Å². The van der Waals surface area contributed by atoms with E-state index in [1.54, 1.807) is 13.0 Å². The number of carboxylic acid groups (broad SMARTS) is 1. The van der Waals surface area contributed by atoms with E-state index in [9.17, 15) is 22.0 Å². The lowest BCUT2D eigenvalue weighted by Crippen LogP contribution is -2.36. The molecule has 2 heterocycles. The molecule has 0 aliphatic carbocycles. The summed E-state index contributed by atoms with van der Waals surface area (Å²) in [7, 11) is -3.79. The number of amides is 1. The van der Waals surface area contributed by atoms with E-state index in [-0.39, 0.29) is 23.9 Å². The Morgan fingerprint density at radius 2 is 1.85 bits per heavy atom. The molecular formula is C25H33F2N7O5S. The highest BCUT2D eigenvalue weighted by Crippen LogP contribution is 2.36. The van der Waals surface area contributed by atoms with Crippen LogP contribution < -0.4 is 20.1 Å². The highest BCUT2D eigenvalue weighted by atomic mass is 32.2. The van der Waals surface area contributed by atoms with E-state index in [1.165, 1.54) is 38.2 Å². The molecule has 1 amide bonds.